The normalized spacial score (nSPS) is 24.9. The number of halogens is 4. The minimum Gasteiger partial charge on any atom is -0.405 e. The van der Waals surface area contributed by atoms with Gasteiger partial charge in [-0.15, -0.1) is 13.2 Å². The van der Waals surface area contributed by atoms with Crippen LogP contribution in [0.5, 0.6) is 5.75 Å². The number of ether oxygens (including phenoxy) is 1. The molecule has 0 spiro atoms. The highest BCUT2D eigenvalue weighted by atomic mass is 79.9. The molecule has 0 N–H and O–H groups in total. The molecule has 0 bridgehead atoms. The molecule has 18 heavy (non-hydrogen) atoms. The quantitative estimate of drug-likeness (QED) is 0.696. The summed E-state index contributed by atoms with van der Waals surface area (Å²) in [6, 6.07) is 6.45. The van der Waals surface area contributed by atoms with E-state index >= 15 is 0 Å². The summed E-state index contributed by atoms with van der Waals surface area (Å²) in [7, 11) is 0. The molecule has 100 valence electrons. The Labute approximate surface area is 112 Å². The van der Waals surface area contributed by atoms with Gasteiger partial charge in [0, 0.05) is 4.83 Å². The van der Waals surface area contributed by atoms with E-state index in [1.165, 1.54) is 6.07 Å². The van der Waals surface area contributed by atoms with Gasteiger partial charge in [-0.1, -0.05) is 40.5 Å². The van der Waals surface area contributed by atoms with Crippen LogP contribution < -0.4 is 4.74 Å². The molecule has 0 aromatic heterocycles. The van der Waals surface area contributed by atoms with Crippen molar-refractivity contribution in [1.29, 1.82) is 0 Å². The Hall–Kier alpha value is -0.710. The van der Waals surface area contributed by atoms with Crippen LogP contribution >= 0.6 is 15.9 Å². The molecule has 1 saturated carbocycles. The van der Waals surface area contributed by atoms with Crippen molar-refractivity contribution in [2.75, 3.05) is 0 Å². The lowest BCUT2D eigenvalue weighted by Gasteiger charge is -2.27. The molecule has 1 aromatic rings. The van der Waals surface area contributed by atoms with Crippen molar-refractivity contribution in [2.45, 2.75) is 42.8 Å². The van der Waals surface area contributed by atoms with Crippen LogP contribution in [0, 0.1) is 0 Å². The largest absolute Gasteiger partial charge is 0.573 e. The van der Waals surface area contributed by atoms with Gasteiger partial charge in [-0.2, -0.15) is 0 Å². The van der Waals surface area contributed by atoms with Crippen molar-refractivity contribution >= 4 is 15.9 Å². The number of hydrogen-bond donors (Lipinski definition) is 0. The van der Waals surface area contributed by atoms with Crippen LogP contribution in [0.15, 0.2) is 24.3 Å². The van der Waals surface area contributed by atoms with E-state index in [4.69, 9.17) is 0 Å². The first kappa shape index (κ1) is 13.7. The Morgan fingerprint density at radius 2 is 1.89 bits per heavy atom. The van der Waals surface area contributed by atoms with Crippen molar-refractivity contribution in [3.05, 3.63) is 29.8 Å². The maximum absolute atomic E-state index is 12.3. The van der Waals surface area contributed by atoms with Gasteiger partial charge < -0.3 is 4.74 Å². The molecule has 2 rings (SSSR count). The monoisotopic (exact) mass is 322 g/mol. The Morgan fingerprint density at radius 1 is 1.17 bits per heavy atom. The molecule has 2 atom stereocenters. The smallest absolute Gasteiger partial charge is 0.405 e. The average Bonchev–Trinajstić information content (AvgIpc) is 2.27. The maximum Gasteiger partial charge on any atom is 0.573 e. The summed E-state index contributed by atoms with van der Waals surface area (Å²) in [6.45, 7) is 0. The highest BCUT2D eigenvalue weighted by Crippen LogP contribution is 2.40. The zero-order valence-electron chi connectivity index (χ0n) is 9.71. The topological polar surface area (TPSA) is 9.23 Å². The molecule has 0 aliphatic heterocycles. The molecule has 1 aliphatic carbocycles. The van der Waals surface area contributed by atoms with Crippen LogP contribution in [0.1, 0.15) is 37.2 Å². The minimum atomic E-state index is -4.63. The fraction of sp³-hybridized carbons (Fsp3) is 0.538. The van der Waals surface area contributed by atoms with Gasteiger partial charge in [-0.25, -0.2) is 0 Å². The van der Waals surface area contributed by atoms with Gasteiger partial charge >= 0.3 is 6.36 Å². The van der Waals surface area contributed by atoms with Crippen LogP contribution in [0.25, 0.3) is 0 Å². The lowest BCUT2D eigenvalue weighted by molar-refractivity contribution is -0.275. The summed E-state index contributed by atoms with van der Waals surface area (Å²) in [6.07, 6.45) is -0.739. The molecule has 5 heteroatoms. The first-order valence-corrected chi connectivity index (χ1v) is 6.86. The molecule has 0 amide bonds. The van der Waals surface area contributed by atoms with Gasteiger partial charge in [0.05, 0.1) is 0 Å². The van der Waals surface area contributed by atoms with Crippen LogP contribution in [0.2, 0.25) is 0 Å². The first-order valence-electron chi connectivity index (χ1n) is 5.94. The Bertz CT molecular complexity index is 405. The third kappa shape index (κ3) is 3.64. The number of rotatable bonds is 2. The first-order chi connectivity index (χ1) is 8.46. The standard InChI is InChI=1S/C13H14BrF3O/c14-10-5-3-4-9(8-10)11-6-1-2-7-12(11)18-13(15,16)17/h1-2,6-7,9-10H,3-5,8H2. The van der Waals surface area contributed by atoms with E-state index in [1.807, 2.05) is 0 Å². The van der Waals surface area contributed by atoms with Crippen LogP contribution in [0.4, 0.5) is 13.2 Å². The Balaban J connectivity index is 2.21. The molecule has 0 radical (unpaired) electrons. The molecule has 0 heterocycles. The number of alkyl halides is 4. The van der Waals surface area contributed by atoms with Crippen molar-refractivity contribution in [2.24, 2.45) is 0 Å². The van der Waals surface area contributed by atoms with Crippen LogP contribution in [-0.4, -0.2) is 11.2 Å². The van der Waals surface area contributed by atoms with E-state index in [9.17, 15) is 13.2 Å². The fourth-order valence-electron chi connectivity index (χ4n) is 2.45. The maximum atomic E-state index is 12.3. The highest BCUT2D eigenvalue weighted by molar-refractivity contribution is 9.09. The summed E-state index contributed by atoms with van der Waals surface area (Å²) in [5.74, 6) is 0.0817. The fourth-order valence-corrected chi connectivity index (χ4v) is 3.22. The molecule has 2 unspecified atom stereocenters. The van der Waals surface area contributed by atoms with E-state index in [1.54, 1.807) is 18.2 Å². The molecule has 0 saturated heterocycles. The van der Waals surface area contributed by atoms with Crippen LogP contribution in [-0.2, 0) is 0 Å². The predicted molar refractivity (Wildman–Crippen MR) is 67.0 cm³/mol. The molecule has 1 aromatic carbocycles. The third-order valence-electron chi connectivity index (χ3n) is 3.19. The second kappa shape index (κ2) is 5.51. The minimum absolute atomic E-state index is 0.0587. The van der Waals surface area contributed by atoms with E-state index in [2.05, 4.69) is 20.7 Å². The summed E-state index contributed by atoms with van der Waals surface area (Å²) in [5, 5.41) is 0. The van der Waals surface area contributed by atoms with Crippen LogP contribution in [0.3, 0.4) is 0 Å². The zero-order chi connectivity index (χ0) is 13.2. The SMILES string of the molecule is FC(F)(F)Oc1ccccc1C1CCCC(Br)C1. The number of hydrogen-bond acceptors (Lipinski definition) is 1. The summed E-state index contributed by atoms with van der Waals surface area (Å²) in [4.78, 5) is 0.384. The van der Waals surface area contributed by atoms with E-state index in [0.29, 0.717) is 10.4 Å². The van der Waals surface area contributed by atoms with Gasteiger partial charge in [0.2, 0.25) is 0 Å². The zero-order valence-corrected chi connectivity index (χ0v) is 11.3. The predicted octanol–water partition coefficient (Wildman–Crippen LogP) is 5.01. The van der Waals surface area contributed by atoms with E-state index in [-0.39, 0.29) is 11.7 Å². The number of para-hydroxylation sites is 1. The van der Waals surface area contributed by atoms with Gasteiger partial charge in [0.15, 0.2) is 0 Å². The van der Waals surface area contributed by atoms with Crippen molar-refractivity contribution in [3.63, 3.8) is 0 Å². The Morgan fingerprint density at radius 3 is 2.56 bits per heavy atom. The molecular formula is C13H14BrF3O. The average molecular weight is 323 g/mol. The second-order valence-corrected chi connectivity index (χ2v) is 5.84. The van der Waals surface area contributed by atoms with Gasteiger partial charge in [0.1, 0.15) is 5.75 Å². The van der Waals surface area contributed by atoms with Gasteiger partial charge in [-0.05, 0) is 36.8 Å². The third-order valence-corrected chi connectivity index (χ3v) is 4.03. The van der Waals surface area contributed by atoms with Crippen molar-refractivity contribution < 1.29 is 17.9 Å². The molecular weight excluding hydrogens is 309 g/mol. The lowest BCUT2D eigenvalue weighted by atomic mass is 9.83. The molecule has 1 aliphatic rings. The summed E-state index contributed by atoms with van der Waals surface area (Å²) < 4.78 is 41.1. The molecule has 1 nitrogen and oxygen atoms in total. The van der Waals surface area contributed by atoms with Gasteiger partial charge in [0.25, 0.3) is 0 Å². The molecule has 1 fully saturated rings. The highest BCUT2D eigenvalue weighted by Gasteiger charge is 2.33. The number of benzene rings is 1. The summed E-state index contributed by atoms with van der Waals surface area (Å²) >= 11 is 3.55. The second-order valence-electron chi connectivity index (χ2n) is 4.55. The summed E-state index contributed by atoms with van der Waals surface area (Å²) in [5.41, 5.74) is 0.666. The van der Waals surface area contributed by atoms with Crippen molar-refractivity contribution in [1.82, 2.24) is 0 Å². The van der Waals surface area contributed by atoms with Crippen molar-refractivity contribution in [3.8, 4) is 5.75 Å². The Kier molecular flexibility index (Phi) is 4.20. The van der Waals surface area contributed by atoms with Gasteiger partial charge in [-0.3, -0.25) is 0 Å². The lowest BCUT2D eigenvalue weighted by Crippen LogP contribution is -2.20. The van der Waals surface area contributed by atoms with E-state index < -0.39 is 6.36 Å². The van der Waals surface area contributed by atoms with E-state index in [0.717, 1.165) is 25.7 Å².